The van der Waals surface area contributed by atoms with Crippen molar-refractivity contribution in [3.63, 3.8) is 0 Å². The largest absolute Gasteiger partial charge is 0.497 e. The lowest BCUT2D eigenvalue weighted by Crippen LogP contribution is -2.40. The number of methoxy groups -OCH3 is 1. The maximum atomic E-state index is 5.28. The van der Waals surface area contributed by atoms with Gasteiger partial charge in [0.1, 0.15) is 5.75 Å². The Morgan fingerprint density at radius 2 is 1.64 bits per heavy atom. The Bertz CT molecular complexity index is 922. The lowest BCUT2D eigenvalue weighted by atomic mass is 9.80. The normalized spacial score (nSPS) is 16.0. The molecule has 0 bridgehead atoms. The number of nitrogens with one attached hydrogen (secondary N) is 1. The van der Waals surface area contributed by atoms with Crippen molar-refractivity contribution in [3.05, 3.63) is 59.4 Å². The standard InChI is InChI=1S/C22H27N5O/c1-16-13-17(2)15-18(14-16)23-22(11-5-4-6-12-22)21-24-25-26-27(21)19-7-9-20(28-3)10-8-19/h7-10,13-15,23H,4-6,11-12H2,1-3H3. The zero-order chi connectivity index (χ0) is 19.6. The van der Waals surface area contributed by atoms with E-state index in [2.05, 4.69) is 52.9 Å². The summed E-state index contributed by atoms with van der Waals surface area (Å²) in [4.78, 5) is 0. The summed E-state index contributed by atoms with van der Waals surface area (Å²) in [5.74, 6) is 1.69. The van der Waals surface area contributed by atoms with E-state index in [9.17, 15) is 0 Å². The van der Waals surface area contributed by atoms with Gasteiger partial charge in [-0.05, 0) is 84.6 Å². The van der Waals surface area contributed by atoms with E-state index in [1.54, 1.807) is 7.11 Å². The van der Waals surface area contributed by atoms with Gasteiger partial charge in [0.2, 0.25) is 0 Å². The molecule has 0 aliphatic heterocycles. The van der Waals surface area contributed by atoms with Crippen molar-refractivity contribution in [3.8, 4) is 11.4 Å². The van der Waals surface area contributed by atoms with Gasteiger partial charge >= 0.3 is 0 Å². The number of benzene rings is 2. The smallest absolute Gasteiger partial charge is 0.181 e. The van der Waals surface area contributed by atoms with Crippen molar-refractivity contribution in [2.24, 2.45) is 0 Å². The van der Waals surface area contributed by atoms with Crippen LogP contribution >= 0.6 is 0 Å². The monoisotopic (exact) mass is 377 g/mol. The van der Waals surface area contributed by atoms with Crippen LogP contribution in [0.1, 0.15) is 49.1 Å². The van der Waals surface area contributed by atoms with Crippen molar-refractivity contribution in [2.75, 3.05) is 12.4 Å². The first-order valence-corrected chi connectivity index (χ1v) is 9.89. The average Bonchev–Trinajstić information content (AvgIpc) is 3.18. The third-order valence-electron chi connectivity index (χ3n) is 5.53. The summed E-state index contributed by atoms with van der Waals surface area (Å²) < 4.78 is 7.14. The van der Waals surface area contributed by atoms with Gasteiger partial charge in [-0.3, -0.25) is 0 Å². The van der Waals surface area contributed by atoms with E-state index in [1.807, 2.05) is 28.9 Å². The molecule has 146 valence electrons. The Labute approximate surface area is 165 Å². The zero-order valence-corrected chi connectivity index (χ0v) is 16.8. The fourth-order valence-corrected chi connectivity index (χ4v) is 4.27. The van der Waals surface area contributed by atoms with E-state index >= 15 is 0 Å². The Hall–Kier alpha value is -2.89. The molecule has 28 heavy (non-hydrogen) atoms. The molecule has 4 rings (SSSR count). The first-order chi connectivity index (χ1) is 13.6. The van der Waals surface area contributed by atoms with Crippen LogP contribution < -0.4 is 10.1 Å². The second kappa shape index (κ2) is 7.62. The van der Waals surface area contributed by atoms with Crippen molar-refractivity contribution in [1.29, 1.82) is 0 Å². The lowest BCUT2D eigenvalue weighted by molar-refractivity contribution is 0.309. The molecule has 1 aromatic heterocycles. The van der Waals surface area contributed by atoms with Gasteiger partial charge in [-0.25, -0.2) is 0 Å². The molecule has 1 aliphatic rings. The van der Waals surface area contributed by atoms with Crippen molar-refractivity contribution >= 4 is 5.69 Å². The molecule has 1 heterocycles. The van der Waals surface area contributed by atoms with Gasteiger partial charge in [-0.15, -0.1) is 5.10 Å². The molecule has 0 radical (unpaired) electrons. The molecule has 1 aliphatic carbocycles. The van der Waals surface area contributed by atoms with Crippen LogP contribution in [0.15, 0.2) is 42.5 Å². The summed E-state index contributed by atoms with van der Waals surface area (Å²) in [6, 6.07) is 14.4. The Morgan fingerprint density at radius 3 is 2.29 bits per heavy atom. The van der Waals surface area contributed by atoms with Crippen LogP contribution in [0.3, 0.4) is 0 Å². The highest BCUT2D eigenvalue weighted by Gasteiger charge is 2.39. The SMILES string of the molecule is COc1ccc(-n2nnnc2C2(Nc3cc(C)cc(C)c3)CCCCC2)cc1. The number of anilines is 1. The first kappa shape index (κ1) is 18.5. The maximum absolute atomic E-state index is 5.28. The summed E-state index contributed by atoms with van der Waals surface area (Å²) in [6.07, 6.45) is 5.59. The van der Waals surface area contributed by atoms with E-state index in [1.165, 1.54) is 17.5 Å². The third kappa shape index (κ3) is 3.59. The van der Waals surface area contributed by atoms with Crippen LogP contribution in [0.4, 0.5) is 5.69 Å². The van der Waals surface area contributed by atoms with Crippen molar-refractivity contribution < 1.29 is 4.74 Å². The number of tetrazole rings is 1. The van der Waals surface area contributed by atoms with Crippen LogP contribution in [0.25, 0.3) is 5.69 Å². The van der Waals surface area contributed by atoms with E-state index < -0.39 is 0 Å². The number of aromatic nitrogens is 4. The number of rotatable bonds is 5. The van der Waals surface area contributed by atoms with E-state index in [0.717, 1.165) is 48.6 Å². The predicted octanol–water partition coefficient (Wildman–Crippen LogP) is 4.56. The first-order valence-electron chi connectivity index (χ1n) is 9.89. The number of hydrogen-bond acceptors (Lipinski definition) is 5. The van der Waals surface area contributed by atoms with E-state index in [-0.39, 0.29) is 5.54 Å². The quantitative estimate of drug-likeness (QED) is 0.706. The van der Waals surface area contributed by atoms with Crippen LogP contribution in [-0.4, -0.2) is 27.3 Å². The number of aryl methyl sites for hydroxylation is 2. The van der Waals surface area contributed by atoms with Gasteiger partial charge in [0.15, 0.2) is 5.82 Å². The second-order valence-corrected chi connectivity index (χ2v) is 7.76. The predicted molar refractivity (Wildman–Crippen MR) is 110 cm³/mol. The number of nitrogens with zero attached hydrogens (tertiary/aromatic N) is 4. The fraction of sp³-hybridized carbons (Fsp3) is 0.409. The summed E-state index contributed by atoms with van der Waals surface area (Å²) in [5, 5.41) is 16.6. The highest BCUT2D eigenvalue weighted by atomic mass is 16.5. The van der Waals surface area contributed by atoms with Crippen LogP contribution in [-0.2, 0) is 5.54 Å². The van der Waals surface area contributed by atoms with Crippen molar-refractivity contribution in [2.45, 2.75) is 51.5 Å². The van der Waals surface area contributed by atoms with Crippen molar-refractivity contribution in [1.82, 2.24) is 20.2 Å². The molecular weight excluding hydrogens is 350 g/mol. The molecule has 6 heteroatoms. The molecule has 0 spiro atoms. The lowest BCUT2D eigenvalue weighted by Gasteiger charge is -2.37. The van der Waals surface area contributed by atoms with Crippen LogP contribution in [0.5, 0.6) is 5.75 Å². The highest BCUT2D eigenvalue weighted by Crippen LogP contribution is 2.40. The minimum Gasteiger partial charge on any atom is -0.497 e. The van der Waals surface area contributed by atoms with Gasteiger partial charge in [0.05, 0.1) is 18.3 Å². The fourth-order valence-electron chi connectivity index (χ4n) is 4.27. The Morgan fingerprint density at radius 1 is 0.964 bits per heavy atom. The minimum absolute atomic E-state index is 0.276. The van der Waals surface area contributed by atoms with Gasteiger partial charge in [-0.1, -0.05) is 25.3 Å². The van der Waals surface area contributed by atoms with Gasteiger partial charge in [0.25, 0.3) is 0 Å². The average molecular weight is 377 g/mol. The molecule has 3 aromatic rings. The molecule has 1 N–H and O–H groups in total. The Balaban J connectivity index is 1.75. The number of hydrogen-bond donors (Lipinski definition) is 1. The Kier molecular flexibility index (Phi) is 5.03. The second-order valence-electron chi connectivity index (χ2n) is 7.76. The van der Waals surface area contributed by atoms with Gasteiger partial charge in [-0.2, -0.15) is 4.68 Å². The summed E-state index contributed by atoms with van der Waals surface area (Å²) in [5.41, 5.74) is 4.30. The van der Waals surface area contributed by atoms with E-state index in [0.29, 0.717) is 0 Å². The summed E-state index contributed by atoms with van der Waals surface area (Å²) >= 11 is 0. The van der Waals surface area contributed by atoms with Crippen LogP contribution in [0.2, 0.25) is 0 Å². The van der Waals surface area contributed by atoms with E-state index in [4.69, 9.17) is 4.74 Å². The molecule has 1 fully saturated rings. The molecular formula is C22H27N5O. The molecule has 0 unspecified atom stereocenters. The number of ether oxygens (including phenoxy) is 1. The zero-order valence-electron chi connectivity index (χ0n) is 16.8. The third-order valence-corrected chi connectivity index (χ3v) is 5.53. The molecule has 6 nitrogen and oxygen atoms in total. The molecule has 0 saturated heterocycles. The maximum Gasteiger partial charge on any atom is 0.181 e. The molecule has 1 saturated carbocycles. The molecule has 0 atom stereocenters. The minimum atomic E-state index is -0.276. The highest BCUT2D eigenvalue weighted by molar-refractivity contribution is 5.51. The van der Waals surface area contributed by atoms with Crippen LogP contribution in [0, 0.1) is 13.8 Å². The van der Waals surface area contributed by atoms with Gasteiger partial charge < -0.3 is 10.1 Å². The molecule has 2 aromatic carbocycles. The summed E-state index contributed by atoms with van der Waals surface area (Å²) in [6.45, 7) is 4.26. The summed E-state index contributed by atoms with van der Waals surface area (Å²) in [7, 11) is 1.67. The molecule has 0 amide bonds. The van der Waals surface area contributed by atoms with Gasteiger partial charge in [0, 0.05) is 5.69 Å². The topological polar surface area (TPSA) is 64.9 Å².